The smallest absolute Gasteiger partial charge is 0.309 e. The van der Waals surface area contributed by atoms with Gasteiger partial charge in [-0.25, -0.2) is 0 Å². The molecule has 3 rings (SSSR count). The third-order valence-corrected chi connectivity index (χ3v) is 4.35. The summed E-state index contributed by atoms with van der Waals surface area (Å²) >= 11 is 0. The van der Waals surface area contributed by atoms with Crippen molar-refractivity contribution in [3.8, 4) is 0 Å². The van der Waals surface area contributed by atoms with E-state index in [1.165, 1.54) is 16.7 Å². The minimum absolute atomic E-state index is 0.161. The first kappa shape index (κ1) is 11.7. The summed E-state index contributed by atoms with van der Waals surface area (Å²) in [6, 6.07) is 7.10. The lowest BCUT2D eigenvalue weighted by Crippen LogP contribution is -2.52. The Bertz CT molecular complexity index is 491. The van der Waals surface area contributed by atoms with Crippen molar-refractivity contribution in [2.45, 2.75) is 26.3 Å². The number of aryl methyl sites for hydroxylation is 1. The molecule has 0 saturated carbocycles. The fourth-order valence-corrected chi connectivity index (χ4v) is 3.39. The average molecular weight is 245 g/mol. The van der Waals surface area contributed by atoms with Gasteiger partial charge in [0, 0.05) is 19.1 Å². The Morgan fingerprint density at radius 3 is 2.78 bits per heavy atom. The summed E-state index contributed by atoms with van der Waals surface area (Å²) in [5, 5.41) is 8.97. The molecule has 0 radical (unpaired) electrons. The molecule has 1 aromatic rings. The quantitative estimate of drug-likeness (QED) is 0.868. The predicted octanol–water partition coefficient (Wildman–Crippen LogP) is 2.24. The molecule has 1 saturated heterocycles. The number of aliphatic carboxylic acids is 1. The van der Waals surface area contributed by atoms with Gasteiger partial charge in [0.25, 0.3) is 0 Å². The van der Waals surface area contributed by atoms with Crippen LogP contribution in [-0.2, 0) is 11.2 Å². The number of likely N-dealkylation sites (tertiary alicyclic amines) is 1. The fourth-order valence-electron chi connectivity index (χ4n) is 3.39. The first-order valence-corrected chi connectivity index (χ1v) is 6.62. The molecule has 0 spiro atoms. The summed E-state index contributed by atoms with van der Waals surface area (Å²) in [6.07, 6.45) is 1.12. The zero-order valence-electron chi connectivity index (χ0n) is 10.9. The predicted molar refractivity (Wildman–Crippen MR) is 69.5 cm³/mol. The number of carboxylic acid groups (broad SMARTS) is 1. The SMILES string of the molecule is Cc1ccc2c(c1)C(N1CC(C(=O)O)C1)C(C)C2. The number of carbonyl (C=O) groups is 1. The van der Waals surface area contributed by atoms with Crippen molar-refractivity contribution in [2.24, 2.45) is 11.8 Å². The molecule has 2 atom stereocenters. The van der Waals surface area contributed by atoms with Crippen LogP contribution in [0.3, 0.4) is 0 Å². The monoisotopic (exact) mass is 245 g/mol. The highest BCUT2D eigenvalue weighted by Crippen LogP contribution is 2.43. The van der Waals surface area contributed by atoms with Gasteiger partial charge in [-0.2, -0.15) is 0 Å². The Morgan fingerprint density at radius 2 is 2.11 bits per heavy atom. The second kappa shape index (κ2) is 4.09. The van der Waals surface area contributed by atoms with Crippen LogP contribution in [0.2, 0.25) is 0 Å². The fraction of sp³-hybridized carbons (Fsp3) is 0.533. The van der Waals surface area contributed by atoms with Gasteiger partial charge in [0.05, 0.1) is 5.92 Å². The van der Waals surface area contributed by atoms with Crippen molar-refractivity contribution in [2.75, 3.05) is 13.1 Å². The van der Waals surface area contributed by atoms with Crippen LogP contribution in [0.15, 0.2) is 18.2 Å². The zero-order chi connectivity index (χ0) is 12.9. The number of benzene rings is 1. The Hall–Kier alpha value is -1.35. The average Bonchev–Trinajstić information content (AvgIpc) is 2.53. The summed E-state index contributed by atoms with van der Waals surface area (Å²) in [5.41, 5.74) is 4.16. The van der Waals surface area contributed by atoms with Crippen molar-refractivity contribution in [3.05, 3.63) is 34.9 Å². The minimum atomic E-state index is -0.652. The second-order valence-corrected chi connectivity index (χ2v) is 5.82. The van der Waals surface area contributed by atoms with Gasteiger partial charge in [-0.3, -0.25) is 9.69 Å². The van der Waals surface area contributed by atoms with E-state index in [0.29, 0.717) is 25.0 Å². The lowest BCUT2D eigenvalue weighted by molar-refractivity contribution is -0.149. The van der Waals surface area contributed by atoms with E-state index >= 15 is 0 Å². The molecular formula is C15H19NO2. The zero-order valence-corrected chi connectivity index (χ0v) is 10.9. The first-order chi connectivity index (χ1) is 8.56. The highest BCUT2D eigenvalue weighted by atomic mass is 16.4. The third-order valence-electron chi connectivity index (χ3n) is 4.35. The molecule has 96 valence electrons. The summed E-state index contributed by atoms with van der Waals surface area (Å²) in [5.74, 6) is -0.219. The topological polar surface area (TPSA) is 40.5 Å². The van der Waals surface area contributed by atoms with Crippen LogP contribution in [0.4, 0.5) is 0 Å². The third kappa shape index (κ3) is 1.74. The molecule has 1 aromatic carbocycles. The van der Waals surface area contributed by atoms with Crippen molar-refractivity contribution in [1.82, 2.24) is 4.90 Å². The van der Waals surface area contributed by atoms with Crippen molar-refractivity contribution in [1.29, 1.82) is 0 Å². The van der Waals surface area contributed by atoms with Gasteiger partial charge in [-0.05, 0) is 30.4 Å². The number of carboxylic acids is 1. The lowest BCUT2D eigenvalue weighted by atomic mass is 9.91. The van der Waals surface area contributed by atoms with Crippen molar-refractivity contribution in [3.63, 3.8) is 0 Å². The molecule has 1 aliphatic heterocycles. The maximum atomic E-state index is 10.9. The van der Waals surface area contributed by atoms with E-state index in [0.717, 1.165) is 6.42 Å². The standard InChI is InChI=1S/C15H19NO2/c1-9-3-4-11-6-10(2)14(13(11)5-9)16-7-12(8-16)15(17)18/h3-5,10,12,14H,6-8H2,1-2H3,(H,17,18). The number of hydrogen-bond acceptors (Lipinski definition) is 2. The van der Waals surface area contributed by atoms with E-state index in [2.05, 4.69) is 36.9 Å². The molecule has 1 N–H and O–H groups in total. The molecule has 1 aliphatic carbocycles. The van der Waals surface area contributed by atoms with Crippen LogP contribution in [-0.4, -0.2) is 29.1 Å². The molecule has 1 heterocycles. The molecule has 0 bridgehead atoms. The van der Waals surface area contributed by atoms with Gasteiger partial charge in [0.2, 0.25) is 0 Å². The molecule has 1 fully saturated rings. The molecule has 2 aliphatic rings. The summed E-state index contributed by atoms with van der Waals surface area (Å²) in [6.45, 7) is 5.81. The molecule has 3 heteroatoms. The van der Waals surface area contributed by atoms with Gasteiger partial charge in [-0.1, -0.05) is 30.7 Å². The van der Waals surface area contributed by atoms with Gasteiger partial charge < -0.3 is 5.11 Å². The maximum absolute atomic E-state index is 10.9. The number of hydrogen-bond donors (Lipinski definition) is 1. The van der Waals surface area contributed by atoms with Gasteiger partial charge >= 0.3 is 5.97 Å². The molecular weight excluding hydrogens is 226 g/mol. The van der Waals surface area contributed by atoms with Gasteiger partial charge in [0.1, 0.15) is 0 Å². The number of fused-ring (bicyclic) bond motifs is 1. The highest BCUT2D eigenvalue weighted by molar-refractivity contribution is 5.71. The normalized spacial score (nSPS) is 27.9. The molecule has 18 heavy (non-hydrogen) atoms. The van der Waals surface area contributed by atoms with Crippen LogP contribution < -0.4 is 0 Å². The van der Waals surface area contributed by atoms with Crippen molar-refractivity contribution < 1.29 is 9.90 Å². The van der Waals surface area contributed by atoms with Crippen LogP contribution in [0.25, 0.3) is 0 Å². The summed E-state index contributed by atoms with van der Waals surface area (Å²) in [4.78, 5) is 13.2. The first-order valence-electron chi connectivity index (χ1n) is 6.62. The lowest BCUT2D eigenvalue weighted by Gasteiger charge is -2.43. The van der Waals surface area contributed by atoms with Gasteiger partial charge in [0.15, 0.2) is 0 Å². The van der Waals surface area contributed by atoms with Gasteiger partial charge in [-0.15, -0.1) is 0 Å². The van der Waals surface area contributed by atoms with Crippen LogP contribution in [0.1, 0.15) is 29.7 Å². The Labute approximate surface area is 107 Å². The molecule has 0 aromatic heterocycles. The highest BCUT2D eigenvalue weighted by Gasteiger charge is 2.42. The largest absolute Gasteiger partial charge is 0.481 e. The van der Waals surface area contributed by atoms with Crippen molar-refractivity contribution >= 4 is 5.97 Å². The minimum Gasteiger partial charge on any atom is -0.481 e. The molecule has 0 amide bonds. The maximum Gasteiger partial charge on any atom is 0.309 e. The summed E-state index contributed by atoms with van der Waals surface area (Å²) < 4.78 is 0. The van der Waals surface area contributed by atoms with E-state index in [-0.39, 0.29) is 5.92 Å². The Morgan fingerprint density at radius 1 is 1.39 bits per heavy atom. The van der Waals surface area contributed by atoms with Crippen LogP contribution in [0.5, 0.6) is 0 Å². The second-order valence-electron chi connectivity index (χ2n) is 5.82. The molecule has 3 nitrogen and oxygen atoms in total. The van der Waals surface area contributed by atoms with E-state index in [4.69, 9.17) is 5.11 Å². The number of rotatable bonds is 2. The van der Waals surface area contributed by atoms with E-state index in [1.807, 2.05) is 0 Å². The van der Waals surface area contributed by atoms with E-state index < -0.39 is 5.97 Å². The van der Waals surface area contributed by atoms with Crippen LogP contribution >= 0.6 is 0 Å². The summed E-state index contributed by atoms with van der Waals surface area (Å²) in [7, 11) is 0. The Balaban J connectivity index is 1.82. The van der Waals surface area contributed by atoms with E-state index in [9.17, 15) is 4.79 Å². The number of nitrogens with zero attached hydrogens (tertiary/aromatic N) is 1. The Kier molecular flexibility index (Phi) is 2.67. The van der Waals surface area contributed by atoms with Crippen LogP contribution in [0, 0.1) is 18.8 Å². The van der Waals surface area contributed by atoms with E-state index in [1.54, 1.807) is 0 Å². The molecule has 2 unspecified atom stereocenters.